The predicted molar refractivity (Wildman–Crippen MR) is 131 cm³/mol. The van der Waals surface area contributed by atoms with Crippen LogP contribution < -0.4 is 10.5 Å². The zero-order valence-electron chi connectivity index (χ0n) is 21.1. The predicted octanol–water partition coefficient (Wildman–Crippen LogP) is 3.58. The monoisotopic (exact) mass is 590 g/mol. The number of alkyl halides is 6. The van der Waals surface area contributed by atoms with Crippen LogP contribution in [-0.2, 0) is 14.3 Å². The molecule has 0 bridgehead atoms. The van der Waals surface area contributed by atoms with Gasteiger partial charge in [0.05, 0.1) is 5.56 Å². The van der Waals surface area contributed by atoms with Gasteiger partial charge in [-0.05, 0) is 37.1 Å². The lowest BCUT2D eigenvalue weighted by molar-refractivity contribution is -0.193. The molecule has 5 N–H and O–H groups in total. The second-order valence-corrected chi connectivity index (χ2v) is 8.39. The maximum atomic E-state index is 12.2. The summed E-state index contributed by atoms with van der Waals surface area (Å²) in [6.45, 7) is 1.91. The van der Waals surface area contributed by atoms with Gasteiger partial charge in [0.25, 0.3) is 0 Å². The van der Waals surface area contributed by atoms with Crippen molar-refractivity contribution in [2.45, 2.75) is 25.2 Å². The molecule has 222 valence electrons. The first-order chi connectivity index (χ1) is 19.0. The van der Waals surface area contributed by atoms with Gasteiger partial charge >= 0.3 is 29.9 Å². The average Bonchev–Trinajstić information content (AvgIpc) is 3.44. The van der Waals surface area contributed by atoms with Gasteiger partial charge in [0.2, 0.25) is 0 Å². The van der Waals surface area contributed by atoms with Crippen LogP contribution in [0.1, 0.15) is 34.3 Å². The highest BCUT2D eigenvalue weighted by Crippen LogP contribution is 2.24. The summed E-state index contributed by atoms with van der Waals surface area (Å²) in [7, 11) is 0. The number of nitrogen functional groups attached to an aromatic ring is 1. The Morgan fingerprint density at radius 3 is 1.83 bits per heavy atom. The molecule has 2 aromatic carbocycles. The molecular formula is C25H24F6N4O6. The standard InChI is InChI=1S/C21H24N4O4.C4F6O2/c22-19(23)16-11-17(26)13-18(12-16)28-9-10-29-21(27)15-5-3-14(4-6-15)20(24)25-7-1-2-8-25;5-3(6,7)1(11)2(12)4(8,9)10/h3-6,11-13,24,26H,1-2,7-10H2,(H3,22,23);. The van der Waals surface area contributed by atoms with E-state index in [1.54, 1.807) is 24.3 Å². The molecule has 10 nitrogen and oxygen atoms in total. The maximum absolute atomic E-state index is 12.2. The van der Waals surface area contributed by atoms with Crippen molar-refractivity contribution in [3.8, 4) is 11.5 Å². The van der Waals surface area contributed by atoms with Crippen molar-refractivity contribution in [1.82, 2.24) is 4.90 Å². The van der Waals surface area contributed by atoms with E-state index >= 15 is 0 Å². The molecule has 1 aliphatic rings. The van der Waals surface area contributed by atoms with Gasteiger partial charge < -0.3 is 25.2 Å². The van der Waals surface area contributed by atoms with Gasteiger partial charge in [-0.15, -0.1) is 0 Å². The smallest absolute Gasteiger partial charge is 0.458 e. The molecule has 0 spiro atoms. The van der Waals surface area contributed by atoms with Crippen molar-refractivity contribution in [2.24, 2.45) is 5.73 Å². The number of benzene rings is 2. The van der Waals surface area contributed by atoms with Gasteiger partial charge in [-0.3, -0.25) is 20.4 Å². The molecule has 0 amide bonds. The minimum atomic E-state index is -5.77. The molecule has 0 radical (unpaired) electrons. The zero-order valence-corrected chi connectivity index (χ0v) is 21.1. The van der Waals surface area contributed by atoms with Crippen LogP contribution in [0, 0.1) is 10.8 Å². The summed E-state index contributed by atoms with van der Waals surface area (Å²) in [5.41, 5.74) is 6.93. The maximum Gasteiger partial charge on any atom is 0.458 e. The second kappa shape index (κ2) is 13.6. The van der Waals surface area contributed by atoms with E-state index in [2.05, 4.69) is 0 Å². The molecule has 41 heavy (non-hydrogen) atoms. The fourth-order valence-electron chi connectivity index (χ4n) is 3.34. The molecule has 2 aromatic rings. The van der Waals surface area contributed by atoms with Gasteiger partial charge in [-0.2, -0.15) is 26.3 Å². The Labute approximate surface area is 228 Å². The van der Waals surface area contributed by atoms with E-state index in [9.17, 15) is 45.8 Å². The molecule has 1 heterocycles. The third-order valence-corrected chi connectivity index (χ3v) is 5.32. The summed E-state index contributed by atoms with van der Waals surface area (Å²) < 4.78 is 77.6. The molecule has 0 aliphatic carbocycles. The topological polar surface area (TPSA) is 167 Å². The number of ketones is 2. The molecule has 0 unspecified atom stereocenters. The Morgan fingerprint density at radius 1 is 0.829 bits per heavy atom. The first-order valence-corrected chi connectivity index (χ1v) is 11.7. The number of Topliss-reactive ketones (excluding diaryl/α,β-unsaturated/α-hetero) is 2. The number of ether oxygens (including phenoxy) is 2. The number of esters is 1. The van der Waals surface area contributed by atoms with Gasteiger partial charge in [-0.25, -0.2) is 4.79 Å². The van der Waals surface area contributed by atoms with Gasteiger partial charge in [0.15, 0.2) is 0 Å². The molecule has 16 heteroatoms. The Balaban J connectivity index is 0.000000415. The fraction of sp³-hybridized carbons (Fsp3) is 0.320. The van der Waals surface area contributed by atoms with Crippen LogP contribution >= 0.6 is 0 Å². The first kappa shape index (κ1) is 32.6. The van der Waals surface area contributed by atoms with E-state index in [0.29, 0.717) is 22.7 Å². The van der Waals surface area contributed by atoms with Crippen molar-refractivity contribution in [2.75, 3.05) is 26.3 Å². The number of hydrogen-bond acceptors (Lipinski definition) is 8. The SMILES string of the molecule is N=C(N)c1cc(O)cc(OCCOC(=O)c2ccc(C(=N)N3CCCC3)cc2)c1.O=C(C(=O)C(F)(F)F)C(F)(F)F. The summed E-state index contributed by atoms with van der Waals surface area (Å²) in [6.07, 6.45) is -9.33. The molecule has 0 atom stereocenters. The van der Waals surface area contributed by atoms with Gasteiger partial charge in [-0.1, -0.05) is 12.1 Å². The van der Waals surface area contributed by atoms with E-state index in [-0.39, 0.29) is 24.8 Å². The van der Waals surface area contributed by atoms with Crippen LogP contribution in [0.2, 0.25) is 0 Å². The molecule has 1 saturated heterocycles. The summed E-state index contributed by atoms with van der Waals surface area (Å²) in [5, 5.41) is 25.3. The highest BCUT2D eigenvalue weighted by atomic mass is 19.4. The van der Waals surface area contributed by atoms with Crippen molar-refractivity contribution in [3.63, 3.8) is 0 Å². The number of carbonyl (C=O) groups excluding carboxylic acids is 3. The first-order valence-electron chi connectivity index (χ1n) is 11.7. The Morgan fingerprint density at radius 2 is 1.34 bits per heavy atom. The van der Waals surface area contributed by atoms with Crippen LogP contribution in [0.4, 0.5) is 26.3 Å². The summed E-state index contributed by atoms with van der Waals surface area (Å²) >= 11 is 0. The lowest BCUT2D eigenvalue weighted by Crippen LogP contribution is -2.39. The number of likely N-dealkylation sites (tertiary alicyclic amines) is 1. The highest BCUT2D eigenvalue weighted by Gasteiger charge is 2.54. The van der Waals surface area contributed by atoms with E-state index < -0.39 is 29.9 Å². The summed E-state index contributed by atoms with van der Waals surface area (Å²) in [6, 6.07) is 11.1. The third-order valence-electron chi connectivity index (χ3n) is 5.32. The quantitative estimate of drug-likeness (QED) is 0.0904. The average molecular weight is 590 g/mol. The molecule has 0 saturated carbocycles. The molecule has 3 rings (SSSR count). The molecular weight excluding hydrogens is 566 g/mol. The largest absolute Gasteiger partial charge is 0.508 e. The second-order valence-electron chi connectivity index (χ2n) is 8.39. The Kier molecular flexibility index (Phi) is 10.8. The van der Waals surface area contributed by atoms with Gasteiger partial charge in [0.1, 0.15) is 36.4 Å². The number of halogens is 6. The van der Waals surface area contributed by atoms with Crippen LogP contribution in [0.25, 0.3) is 0 Å². The number of hydrogen-bond donors (Lipinski definition) is 4. The van der Waals surface area contributed by atoms with Crippen LogP contribution in [0.15, 0.2) is 42.5 Å². The van der Waals surface area contributed by atoms with Gasteiger partial charge in [0, 0.05) is 30.3 Å². The number of rotatable bonds is 8. The fourth-order valence-corrected chi connectivity index (χ4v) is 3.34. The number of phenolic OH excluding ortho intramolecular Hbond substituents is 1. The van der Waals surface area contributed by atoms with E-state index in [0.717, 1.165) is 31.5 Å². The van der Waals surface area contributed by atoms with Crippen molar-refractivity contribution in [1.29, 1.82) is 10.8 Å². The minimum absolute atomic E-state index is 0.0231. The Hall–Kier alpha value is -4.63. The molecule has 1 aliphatic heterocycles. The number of nitrogens with zero attached hydrogens (tertiary/aromatic N) is 1. The van der Waals surface area contributed by atoms with E-state index in [1.807, 2.05) is 4.90 Å². The third kappa shape index (κ3) is 9.81. The summed E-state index contributed by atoms with van der Waals surface area (Å²) in [5.74, 6) is -6.73. The highest BCUT2D eigenvalue weighted by molar-refractivity contribution is 6.41. The Bertz CT molecular complexity index is 1260. The number of nitrogens with one attached hydrogen (secondary N) is 2. The van der Waals surface area contributed by atoms with Crippen molar-refractivity contribution in [3.05, 3.63) is 59.2 Å². The normalized spacial score (nSPS) is 13.1. The number of phenols is 1. The van der Waals surface area contributed by atoms with Crippen LogP contribution in [-0.4, -0.2) is 77.9 Å². The number of aromatic hydroxyl groups is 1. The van der Waals surface area contributed by atoms with Crippen molar-refractivity contribution < 1.29 is 55.3 Å². The number of carbonyl (C=O) groups is 3. The molecule has 0 aromatic heterocycles. The summed E-state index contributed by atoms with van der Waals surface area (Å²) in [4.78, 5) is 33.4. The zero-order chi connectivity index (χ0) is 31.0. The van der Waals surface area contributed by atoms with E-state index in [4.69, 9.17) is 26.0 Å². The van der Waals surface area contributed by atoms with Crippen molar-refractivity contribution >= 4 is 29.2 Å². The lowest BCUT2D eigenvalue weighted by atomic mass is 10.1. The van der Waals surface area contributed by atoms with Crippen LogP contribution in [0.3, 0.4) is 0 Å². The van der Waals surface area contributed by atoms with Crippen LogP contribution in [0.5, 0.6) is 11.5 Å². The molecule has 1 fully saturated rings. The number of amidine groups is 2. The minimum Gasteiger partial charge on any atom is -0.508 e. The number of nitrogens with two attached hydrogens (primary N) is 1. The van der Waals surface area contributed by atoms with E-state index in [1.165, 1.54) is 18.2 Å². The lowest BCUT2D eigenvalue weighted by Gasteiger charge is -2.18.